The summed E-state index contributed by atoms with van der Waals surface area (Å²) in [5.41, 5.74) is 7.44. The number of amides is 1. The zero-order valence-electron chi connectivity index (χ0n) is 17.9. The average molecular weight is 458 g/mol. The van der Waals surface area contributed by atoms with Crippen LogP contribution in [0.2, 0.25) is 0 Å². The number of imidazole rings is 1. The second-order valence-electron chi connectivity index (χ2n) is 8.61. The third-order valence-electron chi connectivity index (χ3n) is 6.67. The van der Waals surface area contributed by atoms with Gasteiger partial charge in [0.2, 0.25) is 5.91 Å². The van der Waals surface area contributed by atoms with Gasteiger partial charge in [-0.3, -0.25) is 9.69 Å². The molecule has 1 aliphatic carbocycles. The van der Waals surface area contributed by atoms with Crippen molar-refractivity contribution in [2.24, 2.45) is 11.1 Å². The summed E-state index contributed by atoms with van der Waals surface area (Å²) in [7, 11) is 0. The molecule has 0 bridgehead atoms. The molecular formula is C21H33Cl2N5O2. The molecule has 2 N–H and O–H groups in total. The quantitative estimate of drug-likeness (QED) is 0.745. The fourth-order valence-corrected chi connectivity index (χ4v) is 4.48. The van der Waals surface area contributed by atoms with Crippen LogP contribution < -0.4 is 5.73 Å². The standard InChI is InChI=1S/C21H31N5O2.2ClH/c1-4-28-17-13-21(22,20(17,2)3)19(27)25-11-9-24(10-12-25)14-16-15-26-8-6-5-7-18(26)23-16;;/h5-8,15,17H,4,9-14,22H2,1-3H3;2*1H. The summed E-state index contributed by atoms with van der Waals surface area (Å²) in [5, 5.41) is 0. The Bertz CT molecular complexity index is 833. The van der Waals surface area contributed by atoms with Gasteiger partial charge in [-0.15, -0.1) is 24.8 Å². The minimum atomic E-state index is -0.823. The predicted molar refractivity (Wildman–Crippen MR) is 122 cm³/mol. The highest BCUT2D eigenvalue weighted by molar-refractivity contribution is 5.89. The summed E-state index contributed by atoms with van der Waals surface area (Å²) >= 11 is 0. The summed E-state index contributed by atoms with van der Waals surface area (Å²) in [6.07, 6.45) is 4.75. The Labute approximate surface area is 190 Å². The Balaban J connectivity index is 0.00000160. The van der Waals surface area contributed by atoms with Crippen LogP contribution in [0.3, 0.4) is 0 Å². The van der Waals surface area contributed by atoms with Crippen LogP contribution in [0.5, 0.6) is 0 Å². The molecule has 1 amide bonds. The molecule has 0 spiro atoms. The largest absolute Gasteiger partial charge is 0.378 e. The molecule has 2 fully saturated rings. The normalized spacial score (nSPS) is 25.9. The van der Waals surface area contributed by atoms with Crippen LogP contribution in [-0.4, -0.2) is 69.5 Å². The van der Waals surface area contributed by atoms with E-state index < -0.39 is 5.54 Å². The van der Waals surface area contributed by atoms with E-state index in [0.29, 0.717) is 26.1 Å². The van der Waals surface area contributed by atoms with Crippen LogP contribution in [0.25, 0.3) is 5.65 Å². The van der Waals surface area contributed by atoms with Gasteiger partial charge in [0.25, 0.3) is 0 Å². The van der Waals surface area contributed by atoms with Crippen LogP contribution in [0.4, 0.5) is 0 Å². The number of nitrogens with zero attached hydrogens (tertiary/aromatic N) is 4. The summed E-state index contributed by atoms with van der Waals surface area (Å²) in [5.74, 6) is 0.0702. The molecule has 2 aromatic rings. The van der Waals surface area contributed by atoms with Gasteiger partial charge >= 0.3 is 0 Å². The van der Waals surface area contributed by atoms with Crippen molar-refractivity contribution in [1.29, 1.82) is 0 Å². The van der Waals surface area contributed by atoms with Crippen LogP contribution in [-0.2, 0) is 16.1 Å². The third-order valence-corrected chi connectivity index (χ3v) is 6.67. The Kier molecular flexibility index (Phi) is 7.80. The number of halogens is 2. The van der Waals surface area contributed by atoms with Gasteiger partial charge in [-0.25, -0.2) is 4.98 Å². The first-order valence-electron chi connectivity index (χ1n) is 10.2. The van der Waals surface area contributed by atoms with E-state index in [0.717, 1.165) is 31.0 Å². The molecule has 1 aliphatic heterocycles. The fraction of sp³-hybridized carbons (Fsp3) is 0.619. The number of fused-ring (bicyclic) bond motifs is 1. The van der Waals surface area contributed by atoms with Gasteiger partial charge in [0.05, 0.1) is 11.8 Å². The van der Waals surface area contributed by atoms with E-state index in [1.165, 1.54) is 0 Å². The molecule has 4 rings (SSSR count). The average Bonchev–Trinajstić information content (AvgIpc) is 3.10. The summed E-state index contributed by atoms with van der Waals surface area (Å²) < 4.78 is 7.81. The molecule has 0 radical (unpaired) electrons. The highest BCUT2D eigenvalue weighted by atomic mass is 35.5. The molecule has 2 aliphatic rings. The molecule has 2 atom stereocenters. The number of hydrogen-bond acceptors (Lipinski definition) is 5. The van der Waals surface area contributed by atoms with E-state index >= 15 is 0 Å². The smallest absolute Gasteiger partial charge is 0.243 e. The SMILES string of the molecule is CCOC1CC(N)(C(=O)N2CCN(Cc3cn4ccccc4n3)CC2)C1(C)C.Cl.Cl. The minimum absolute atomic E-state index is 0. The zero-order valence-corrected chi connectivity index (χ0v) is 19.5. The first kappa shape index (κ1) is 24.9. The molecule has 0 aromatic carbocycles. The topological polar surface area (TPSA) is 76.1 Å². The van der Waals surface area contributed by atoms with Gasteiger partial charge in [-0.05, 0) is 19.1 Å². The van der Waals surface area contributed by atoms with E-state index in [1.54, 1.807) is 0 Å². The fourth-order valence-electron chi connectivity index (χ4n) is 4.48. The van der Waals surface area contributed by atoms with Gasteiger partial charge in [0.1, 0.15) is 11.2 Å². The van der Waals surface area contributed by atoms with Crippen LogP contribution in [0, 0.1) is 5.41 Å². The van der Waals surface area contributed by atoms with Gasteiger partial charge in [0, 0.05) is 63.6 Å². The van der Waals surface area contributed by atoms with E-state index in [1.807, 2.05) is 54.5 Å². The molecule has 30 heavy (non-hydrogen) atoms. The maximum Gasteiger partial charge on any atom is 0.243 e. The molecule has 9 heteroatoms. The number of pyridine rings is 1. The van der Waals surface area contributed by atoms with E-state index in [-0.39, 0.29) is 42.2 Å². The van der Waals surface area contributed by atoms with Gasteiger partial charge in [-0.2, -0.15) is 0 Å². The van der Waals surface area contributed by atoms with E-state index in [4.69, 9.17) is 10.5 Å². The number of aromatic nitrogens is 2. The predicted octanol–water partition coefficient (Wildman–Crippen LogP) is 2.35. The Morgan fingerprint density at radius 3 is 2.53 bits per heavy atom. The summed E-state index contributed by atoms with van der Waals surface area (Å²) in [6.45, 7) is 10.6. The molecule has 2 aromatic heterocycles. The number of hydrogen-bond donors (Lipinski definition) is 1. The van der Waals surface area contributed by atoms with Crippen molar-refractivity contribution in [3.63, 3.8) is 0 Å². The molecule has 3 heterocycles. The molecule has 1 saturated heterocycles. The number of nitrogens with two attached hydrogens (primary N) is 1. The lowest BCUT2D eigenvalue weighted by atomic mass is 9.54. The Morgan fingerprint density at radius 1 is 1.23 bits per heavy atom. The second-order valence-corrected chi connectivity index (χ2v) is 8.61. The number of piperazine rings is 1. The van der Waals surface area contributed by atoms with Crippen molar-refractivity contribution >= 4 is 36.4 Å². The van der Waals surface area contributed by atoms with Crippen molar-refractivity contribution in [3.8, 4) is 0 Å². The number of ether oxygens (including phenoxy) is 1. The van der Waals surface area contributed by atoms with Gasteiger partial charge in [0.15, 0.2) is 0 Å². The van der Waals surface area contributed by atoms with Crippen LogP contribution in [0.1, 0.15) is 32.9 Å². The maximum absolute atomic E-state index is 13.2. The van der Waals surface area contributed by atoms with Crippen LogP contribution >= 0.6 is 24.8 Å². The van der Waals surface area contributed by atoms with Gasteiger partial charge < -0.3 is 19.8 Å². The lowest BCUT2D eigenvalue weighted by Crippen LogP contribution is -2.76. The molecule has 1 saturated carbocycles. The summed E-state index contributed by atoms with van der Waals surface area (Å²) in [4.78, 5) is 22.1. The Morgan fingerprint density at radius 2 is 1.93 bits per heavy atom. The van der Waals surface area contributed by atoms with Crippen molar-refractivity contribution in [3.05, 3.63) is 36.3 Å². The van der Waals surface area contributed by atoms with Crippen LogP contribution in [0.15, 0.2) is 30.6 Å². The van der Waals surface area contributed by atoms with Gasteiger partial charge in [-0.1, -0.05) is 19.9 Å². The molecule has 168 valence electrons. The Hall–Kier alpha value is -1.38. The number of rotatable bonds is 5. The molecular weight excluding hydrogens is 425 g/mol. The van der Waals surface area contributed by atoms with Crippen molar-refractivity contribution < 1.29 is 9.53 Å². The lowest BCUT2D eigenvalue weighted by Gasteiger charge is -2.59. The number of carbonyl (C=O) groups is 1. The first-order valence-corrected chi connectivity index (χ1v) is 10.2. The second kappa shape index (κ2) is 9.40. The lowest BCUT2D eigenvalue weighted by molar-refractivity contribution is -0.180. The first-order chi connectivity index (χ1) is 13.3. The highest BCUT2D eigenvalue weighted by Crippen LogP contribution is 2.50. The maximum atomic E-state index is 13.2. The monoisotopic (exact) mass is 457 g/mol. The minimum Gasteiger partial charge on any atom is -0.378 e. The van der Waals surface area contributed by atoms with Crippen molar-refractivity contribution in [1.82, 2.24) is 19.2 Å². The summed E-state index contributed by atoms with van der Waals surface area (Å²) in [6, 6.07) is 6.01. The van der Waals surface area contributed by atoms with Crippen molar-refractivity contribution in [2.75, 3.05) is 32.8 Å². The van der Waals surface area contributed by atoms with E-state index in [2.05, 4.69) is 16.1 Å². The highest BCUT2D eigenvalue weighted by Gasteiger charge is 2.63. The van der Waals surface area contributed by atoms with E-state index in [9.17, 15) is 4.79 Å². The molecule has 2 unspecified atom stereocenters. The molecule has 7 nitrogen and oxygen atoms in total. The third kappa shape index (κ3) is 4.18. The number of carbonyl (C=O) groups excluding carboxylic acids is 1. The zero-order chi connectivity index (χ0) is 19.9. The van der Waals surface area contributed by atoms with Crippen molar-refractivity contribution in [2.45, 2.75) is 45.4 Å².